The zero-order chi connectivity index (χ0) is 26.8. The van der Waals surface area contributed by atoms with Crippen LogP contribution in [0.5, 0.6) is 0 Å². The van der Waals surface area contributed by atoms with Gasteiger partial charge in [-0.05, 0) is 54.8 Å². The van der Waals surface area contributed by atoms with Gasteiger partial charge in [0.15, 0.2) is 0 Å². The summed E-state index contributed by atoms with van der Waals surface area (Å²) in [5.74, 6) is -3.73. The lowest BCUT2D eigenvalue weighted by Gasteiger charge is -2.34. The van der Waals surface area contributed by atoms with E-state index in [2.05, 4.69) is 0 Å². The van der Waals surface area contributed by atoms with Crippen LogP contribution in [0.15, 0.2) is 42.5 Å². The average molecular weight is 534 g/mol. The third kappa shape index (κ3) is 6.26. The van der Waals surface area contributed by atoms with Crippen molar-refractivity contribution in [1.82, 2.24) is 0 Å². The highest BCUT2D eigenvalue weighted by Gasteiger charge is 2.50. The van der Waals surface area contributed by atoms with Crippen LogP contribution in [0.1, 0.15) is 62.9 Å². The standard InChI is InChI=1S/C27H29Cl2NO6/c1-26(2)11-12-27(3,4)25(26)36-24(35)21(31)14-22(32)30(15-16-5-10-19(28)20(29)13-16)18-8-6-17(7-9-18)23(33)34/h5-10,13,25H,11-12,14-15H2,1-4H3,(H,33,34). The first-order valence-corrected chi connectivity index (χ1v) is 12.3. The number of nitrogens with zero attached hydrogens (tertiary/aromatic N) is 1. The van der Waals surface area contributed by atoms with Crippen molar-refractivity contribution >= 4 is 52.5 Å². The van der Waals surface area contributed by atoms with Crippen LogP contribution in [0.2, 0.25) is 10.0 Å². The van der Waals surface area contributed by atoms with E-state index in [4.69, 9.17) is 27.9 Å². The van der Waals surface area contributed by atoms with Gasteiger partial charge in [-0.15, -0.1) is 0 Å². The number of rotatable bonds is 8. The zero-order valence-electron chi connectivity index (χ0n) is 20.6. The summed E-state index contributed by atoms with van der Waals surface area (Å²) in [5, 5.41) is 9.82. The molecule has 2 aromatic carbocycles. The maximum atomic E-state index is 13.2. The molecule has 7 nitrogen and oxygen atoms in total. The Kier molecular flexibility index (Phi) is 8.16. The second-order valence-electron chi connectivity index (χ2n) is 10.4. The van der Waals surface area contributed by atoms with Gasteiger partial charge < -0.3 is 14.7 Å². The molecule has 2 aromatic rings. The van der Waals surface area contributed by atoms with Crippen molar-refractivity contribution in [3.05, 3.63) is 63.6 Å². The number of anilines is 1. The smallest absolute Gasteiger partial charge is 0.375 e. The van der Waals surface area contributed by atoms with Crippen molar-refractivity contribution in [2.45, 2.75) is 59.6 Å². The predicted molar refractivity (Wildman–Crippen MR) is 137 cm³/mol. The Labute approximate surface area is 220 Å². The molecule has 0 atom stereocenters. The number of ether oxygens (including phenoxy) is 1. The number of esters is 1. The van der Waals surface area contributed by atoms with Crippen LogP contribution >= 0.6 is 23.2 Å². The van der Waals surface area contributed by atoms with E-state index in [1.165, 1.54) is 29.2 Å². The highest BCUT2D eigenvalue weighted by molar-refractivity contribution is 6.42. The molecule has 1 aliphatic carbocycles. The number of carboxylic acid groups (broad SMARTS) is 1. The number of hydrogen-bond acceptors (Lipinski definition) is 5. The lowest BCUT2D eigenvalue weighted by atomic mass is 9.81. The fourth-order valence-corrected chi connectivity index (χ4v) is 5.01. The lowest BCUT2D eigenvalue weighted by molar-refractivity contribution is -0.166. The Morgan fingerprint density at radius 2 is 1.53 bits per heavy atom. The first-order chi connectivity index (χ1) is 16.7. The van der Waals surface area contributed by atoms with Gasteiger partial charge >= 0.3 is 11.9 Å². The number of carbonyl (C=O) groups excluding carboxylic acids is 3. The van der Waals surface area contributed by atoms with Crippen LogP contribution < -0.4 is 4.90 Å². The Morgan fingerprint density at radius 1 is 0.944 bits per heavy atom. The Balaban J connectivity index is 1.81. The molecule has 0 aromatic heterocycles. The van der Waals surface area contributed by atoms with Crippen molar-refractivity contribution in [3.8, 4) is 0 Å². The van der Waals surface area contributed by atoms with E-state index in [1.54, 1.807) is 18.2 Å². The van der Waals surface area contributed by atoms with Crippen LogP contribution in [0, 0.1) is 10.8 Å². The second-order valence-corrected chi connectivity index (χ2v) is 11.3. The fourth-order valence-electron chi connectivity index (χ4n) is 4.69. The molecule has 1 N–H and O–H groups in total. The molecule has 9 heteroatoms. The van der Waals surface area contributed by atoms with Crippen molar-refractivity contribution in [3.63, 3.8) is 0 Å². The molecule has 0 spiro atoms. The summed E-state index contributed by atoms with van der Waals surface area (Å²) in [7, 11) is 0. The molecule has 1 fully saturated rings. The summed E-state index contributed by atoms with van der Waals surface area (Å²) < 4.78 is 5.62. The third-order valence-corrected chi connectivity index (χ3v) is 7.39. The van der Waals surface area contributed by atoms with Crippen LogP contribution in [-0.4, -0.2) is 34.8 Å². The van der Waals surface area contributed by atoms with Crippen molar-refractivity contribution in [2.24, 2.45) is 10.8 Å². The van der Waals surface area contributed by atoms with Crippen molar-refractivity contribution in [2.75, 3.05) is 4.90 Å². The predicted octanol–water partition coefficient (Wildman–Crippen LogP) is 5.94. The van der Waals surface area contributed by atoms with Gasteiger partial charge in [-0.25, -0.2) is 9.59 Å². The Hall–Kier alpha value is -2.90. The summed E-state index contributed by atoms with van der Waals surface area (Å²) in [6.07, 6.45) is 0.561. The molecule has 192 valence electrons. The minimum Gasteiger partial charge on any atom is -0.478 e. The van der Waals surface area contributed by atoms with Gasteiger partial charge in [0.2, 0.25) is 11.7 Å². The van der Waals surface area contributed by atoms with Crippen molar-refractivity contribution in [1.29, 1.82) is 0 Å². The van der Waals surface area contributed by atoms with Gasteiger partial charge in [-0.1, -0.05) is 57.0 Å². The topological polar surface area (TPSA) is 101 Å². The molecule has 0 aliphatic heterocycles. The van der Waals surface area contributed by atoms with E-state index in [9.17, 15) is 24.3 Å². The lowest BCUT2D eigenvalue weighted by Crippen LogP contribution is -2.41. The van der Waals surface area contributed by atoms with Crippen LogP contribution in [0.4, 0.5) is 5.69 Å². The van der Waals surface area contributed by atoms with E-state index in [0.717, 1.165) is 12.8 Å². The number of Topliss-reactive ketones (excluding diaryl/α,β-unsaturated/α-hetero) is 1. The average Bonchev–Trinajstić information content (AvgIpc) is 3.02. The molecule has 3 rings (SSSR count). The molecule has 1 saturated carbocycles. The molecule has 1 aliphatic rings. The first kappa shape index (κ1) is 27.7. The summed E-state index contributed by atoms with van der Waals surface area (Å²) >= 11 is 12.1. The molecule has 0 saturated heterocycles. The molecule has 36 heavy (non-hydrogen) atoms. The number of aromatic carboxylic acids is 1. The fraction of sp³-hybridized carbons (Fsp3) is 0.407. The monoisotopic (exact) mass is 533 g/mol. The summed E-state index contributed by atoms with van der Waals surface area (Å²) in [6, 6.07) is 10.5. The highest BCUT2D eigenvalue weighted by atomic mass is 35.5. The highest BCUT2D eigenvalue weighted by Crippen LogP contribution is 2.50. The van der Waals surface area contributed by atoms with Crippen LogP contribution in [0.3, 0.4) is 0 Å². The molecule has 0 unspecified atom stereocenters. The molecular formula is C27H29Cl2NO6. The zero-order valence-corrected chi connectivity index (χ0v) is 22.2. The minimum atomic E-state index is -1.11. The van der Waals surface area contributed by atoms with Gasteiger partial charge in [0, 0.05) is 16.5 Å². The Bertz CT molecular complexity index is 1170. The maximum absolute atomic E-state index is 13.2. The Morgan fingerprint density at radius 3 is 2.06 bits per heavy atom. The number of ketones is 1. The van der Waals surface area contributed by atoms with Gasteiger partial charge in [-0.3, -0.25) is 9.59 Å². The second kappa shape index (κ2) is 10.6. The number of halogens is 2. The van der Waals surface area contributed by atoms with Crippen LogP contribution in [0.25, 0.3) is 0 Å². The minimum absolute atomic E-state index is 0.0210. The number of amides is 1. The van der Waals surface area contributed by atoms with E-state index in [-0.39, 0.29) is 22.9 Å². The van der Waals surface area contributed by atoms with E-state index in [1.807, 2.05) is 27.7 Å². The summed E-state index contributed by atoms with van der Waals surface area (Å²) in [4.78, 5) is 51.2. The van der Waals surface area contributed by atoms with Gasteiger partial charge in [0.25, 0.3) is 0 Å². The SMILES string of the molecule is CC1(C)CCC(C)(C)C1OC(=O)C(=O)CC(=O)N(Cc1ccc(Cl)c(Cl)c1)c1ccc(C(=O)O)cc1. The number of hydrogen-bond donors (Lipinski definition) is 1. The van der Waals surface area contributed by atoms with E-state index in [0.29, 0.717) is 21.3 Å². The maximum Gasteiger partial charge on any atom is 0.375 e. The van der Waals surface area contributed by atoms with Crippen molar-refractivity contribution < 1.29 is 29.0 Å². The largest absolute Gasteiger partial charge is 0.478 e. The summed E-state index contributed by atoms with van der Waals surface area (Å²) in [6.45, 7) is 8.00. The first-order valence-electron chi connectivity index (χ1n) is 11.5. The van der Waals surface area contributed by atoms with Gasteiger partial charge in [0.05, 0.1) is 28.6 Å². The van der Waals surface area contributed by atoms with Crippen LogP contribution in [-0.2, 0) is 25.7 Å². The molecule has 0 bridgehead atoms. The quantitative estimate of drug-likeness (QED) is 0.256. The molecule has 1 amide bonds. The van der Waals surface area contributed by atoms with Gasteiger partial charge in [-0.2, -0.15) is 0 Å². The molecule has 0 heterocycles. The van der Waals surface area contributed by atoms with E-state index < -0.39 is 36.2 Å². The number of carboxylic acids is 1. The number of benzene rings is 2. The van der Waals surface area contributed by atoms with Gasteiger partial charge in [0.1, 0.15) is 6.10 Å². The normalized spacial score (nSPS) is 16.4. The number of carbonyl (C=O) groups is 4. The summed E-state index contributed by atoms with van der Waals surface area (Å²) in [5.41, 5.74) is 0.465. The molecule has 0 radical (unpaired) electrons. The molecular weight excluding hydrogens is 505 g/mol. The van der Waals surface area contributed by atoms with E-state index >= 15 is 0 Å². The third-order valence-electron chi connectivity index (χ3n) is 6.65.